The van der Waals surface area contributed by atoms with Gasteiger partial charge in [-0.3, -0.25) is 4.68 Å². The van der Waals surface area contributed by atoms with Gasteiger partial charge in [0, 0.05) is 18.6 Å². The molecule has 21 heavy (non-hydrogen) atoms. The molecule has 112 valence electrons. The predicted molar refractivity (Wildman–Crippen MR) is 86.0 cm³/mol. The van der Waals surface area contributed by atoms with Crippen molar-refractivity contribution >= 4 is 34.1 Å². The van der Waals surface area contributed by atoms with Crippen LogP contribution in [0, 0.1) is 6.92 Å². The Bertz CT molecular complexity index is 756. The lowest BCUT2D eigenvalue weighted by atomic mass is 10.2. The highest BCUT2D eigenvalue weighted by atomic mass is 35.5. The Morgan fingerprint density at radius 3 is 2.76 bits per heavy atom. The average molecular weight is 324 g/mol. The lowest BCUT2D eigenvalue weighted by Gasteiger charge is -2.19. The van der Waals surface area contributed by atoms with Crippen molar-refractivity contribution in [3.05, 3.63) is 28.1 Å². The number of halogens is 1. The summed E-state index contributed by atoms with van der Waals surface area (Å²) in [5, 5.41) is 7.40. The molecule has 0 N–H and O–H groups in total. The summed E-state index contributed by atoms with van der Waals surface area (Å²) < 4.78 is 4.09. The minimum atomic E-state index is -0.161. The Morgan fingerprint density at radius 1 is 1.43 bits per heavy atom. The van der Waals surface area contributed by atoms with E-state index >= 15 is 0 Å². The standard InChI is InChI=1S/C14H18ClN5S/c1-5-10(13-16-6-7-21-13)20-12(8(2)15)17-11-9(3)18-19(4)14(11)20/h6-8,10H,5H2,1-4H3. The van der Waals surface area contributed by atoms with Crippen molar-refractivity contribution in [1.82, 2.24) is 24.3 Å². The topological polar surface area (TPSA) is 48.5 Å². The van der Waals surface area contributed by atoms with Gasteiger partial charge in [0.15, 0.2) is 5.65 Å². The second-order valence-corrected chi connectivity index (χ2v) is 6.71. The summed E-state index contributed by atoms with van der Waals surface area (Å²) in [6.45, 7) is 6.09. The molecule has 0 aliphatic carbocycles. The van der Waals surface area contributed by atoms with Gasteiger partial charge in [0.05, 0.1) is 17.1 Å². The Balaban J connectivity index is 2.30. The van der Waals surface area contributed by atoms with Gasteiger partial charge in [-0.15, -0.1) is 22.9 Å². The van der Waals surface area contributed by atoms with Crippen LogP contribution in [0.2, 0.25) is 0 Å². The number of nitrogens with zero attached hydrogens (tertiary/aromatic N) is 5. The molecule has 0 saturated heterocycles. The predicted octanol–water partition coefficient (Wildman–Crippen LogP) is 3.83. The van der Waals surface area contributed by atoms with E-state index in [0.29, 0.717) is 0 Å². The number of thiazole rings is 1. The van der Waals surface area contributed by atoms with Crippen molar-refractivity contribution in [2.45, 2.75) is 38.6 Å². The van der Waals surface area contributed by atoms with Crippen LogP contribution in [0.5, 0.6) is 0 Å². The van der Waals surface area contributed by atoms with E-state index in [9.17, 15) is 0 Å². The molecule has 3 aromatic rings. The van der Waals surface area contributed by atoms with Crippen LogP contribution in [0.25, 0.3) is 11.2 Å². The zero-order valence-electron chi connectivity index (χ0n) is 12.5. The lowest BCUT2D eigenvalue weighted by molar-refractivity contribution is 0.538. The number of hydrogen-bond donors (Lipinski definition) is 0. The number of aromatic nitrogens is 5. The first kappa shape index (κ1) is 14.5. The molecule has 0 aliphatic heterocycles. The fourth-order valence-electron chi connectivity index (χ4n) is 2.77. The van der Waals surface area contributed by atoms with Gasteiger partial charge in [0.25, 0.3) is 0 Å². The van der Waals surface area contributed by atoms with Crippen LogP contribution in [-0.4, -0.2) is 24.3 Å². The van der Waals surface area contributed by atoms with E-state index in [1.807, 2.05) is 37.2 Å². The molecule has 0 amide bonds. The van der Waals surface area contributed by atoms with Gasteiger partial charge >= 0.3 is 0 Å². The van der Waals surface area contributed by atoms with E-state index in [0.717, 1.165) is 34.1 Å². The molecule has 2 atom stereocenters. The van der Waals surface area contributed by atoms with Gasteiger partial charge in [-0.2, -0.15) is 5.10 Å². The Morgan fingerprint density at radius 2 is 2.19 bits per heavy atom. The van der Waals surface area contributed by atoms with Crippen molar-refractivity contribution < 1.29 is 0 Å². The van der Waals surface area contributed by atoms with Crippen molar-refractivity contribution in [3.63, 3.8) is 0 Å². The highest BCUT2D eigenvalue weighted by Crippen LogP contribution is 2.34. The molecule has 3 rings (SSSR count). The van der Waals surface area contributed by atoms with Crippen molar-refractivity contribution in [1.29, 1.82) is 0 Å². The van der Waals surface area contributed by atoms with Crippen LogP contribution in [0.4, 0.5) is 0 Å². The summed E-state index contributed by atoms with van der Waals surface area (Å²) >= 11 is 8.04. The third-order valence-electron chi connectivity index (χ3n) is 3.65. The lowest BCUT2D eigenvalue weighted by Crippen LogP contribution is -2.15. The quantitative estimate of drug-likeness (QED) is 0.685. The smallest absolute Gasteiger partial charge is 0.159 e. The van der Waals surface area contributed by atoms with Crippen LogP contribution < -0.4 is 0 Å². The molecule has 0 fully saturated rings. The van der Waals surface area contributed by atoms with Crippen molar-refractivity contribution in [3.8, 4) is 0 Å². The molecule has 0 aromatic carbocycles. The molecule has 7 heteroatoms. The normalized spacial score (nSPS) is 14.7. The fraction of sp³-hybridized carbons (Fsp3) is 0.500. The Kier molecular flexibility index (Phi) is 3.75. The van der Waals surface area contributed by atoms with Crippen LogP contribution in [0.3, 0.4) is 0 Å². The van der Waals surface area contributed by atoms with Gasteiger partial charge in [-0.25, -0.2) is 9.97 Å². The molecular formula is C14H18ClN5S. The van der Waals surface area contributed by atoms with Crippen molar-refractivity contribution in [2.75, 3.05) is 0 Å². The molecular weight excluding hydrogens is 306 g/mol. The van der Waals surface area contributed by atoms with Crippen molar-refractivity contribution in [2.24, 2.45) is 7.05 Å². The van der Waals surface area contributed by atoms with Gasteiger partial charge in [-0.1, -0.05) is 6.92 Å². The summed E-state index contributed by atoms with van der Waals surface area (Å²) in [5.74, 6) is 0.879. The summed E-state index contributed by atoms with van der Waals surface area (Å²) in [7, 11) is 1.95. The molecule has 0 spiro atoms. The average Bonchev–Trinajstić information content (AvgIpc) is 3.11. The number of fused-ring (bicyclic) bond motifs is 1. The third kappa shape index (κ3) is 2.26. The fourth-order valence-corrected chi connectivity index (χ4v) is 3.73. The van der Waals surface area contributed by atoms with Crippen LogP contribution in [0.1, 0.15) is 48.2 Å². The van der Waals surface area contributed by atoms with Crippen LogP contribution >= 0.6 is 22.9 Å². The second-order valence-electron chi connectivity index (χ2n) is 5.13. The first-order chi connectivity index (χ1) is 10.0. The molecule has 3 aromatic heterocycles. The van der Waals surface area contributed by atoms with E-state index in [1.165, 1.54) is 0 Å². The first-order valence-electron chi connectivity index (χ1n) is 6.99. The molecule has 0 radical (unpaired) electrons. The summed E-state index contributed by atoms with van der Waals surface area (Å²) in [6.07, 6.45) is 2.77. The third-order valence-corrected chi connectivity index (χ3v) is 4.72. The highest BCUT2D eigenvalue weighted by Gasteiger charge is 2.26. The first-order valence-corrected chi connectivity index (χ1v) is 8.31. The number of aryl methyl sites for hydroxylation is 2. The number of rotatable bonds is 4. The number of imidazole rings is 1. The largest absolute Gasteiger partial charge is 0.302 e. The van der Waals surface area contributed by atoms with Gasteiger partial charge in [0.1, 0.15) is 16.3 Å². The monoisotopic (exact) mass is 323 g/mol. The van der Waals surface area contributed by atoms with E-state index in [-0.39, 0.29) is 11.4 Å². The van der Waals surface area contributed by atoms with Gasteiger partial charge in [0.2, 0.25) is 0 Å². The summed E-state index contributed by atoms with van der Waals surface area (Å²) in [5.41, 5.74) is 2.87. The zero-order valence-corrected chi connectivity index (χ0v) is 14.1. The summed E-state index contributed by atoms with van der Waals surface area (Å²) in [4.78, 5) is 9.22. The van der Waals surface area contributed by atoms with E-state index in [2.05, 4.69) is 21.6 Å². The molecule has 3 heterocycles. The van der Waals surface area contributed by atoms with E-state index in [4.69, 9.17) is 16.6 Å². The van der Waals surface area contributed by atoms with Crippen LogP contribution in [-0.2, 0) is 7.05 Å². The zero-order chi connectivity index (χ0) is 15.1. The second kappa shape index (κ2) is 5.42. The summed E-state index contributed by atoms with van der Waals surface area (Å²) in [6, 6.07) is 0.140. The highest BCUT2D eigenvalue weighted by molar-refractivity contribution is 7.09. The number of alkyl halides is 1. The van der Waals surface area contributed by atoms with Crippen LogP contribution in [0.15, 0.2) is 11.6 Å². The Labute approximate surface area is 132 Å². The van der Waals surface area contributed by atoms with E-state index in [1.54, 1.807) is 11.3 Å². The van der Waals surface area contributed by atoms with Gasteiger partial charge < -0.3 is 4.57 Å². The molecule has 0 bridgehead atoms. The SMILES string of the molecule is CCC(c1nccs1)n1c(C(C)Cl)nc2c(C)nn(C)c21. The number of hydrogen-bond acceptors (Lipinski definition) is 4. The molecule has 5 nitrogen and oxygen atoms in total. The minimum absolute atomic E-state index is 0.140. The molecule has 0 aliphatic rings. The molecule has 0 saturated carbocycles. The minimum Gasteiger partial charge on any atom is -0.302 e. The maximum atomic E-state index is 6.37. The maximum Gasteiger partial charge on any atom is 0.159 e. The Hall–Kier alpha value is -1.40. The molecule has 2 unspecified atom stereocenters. The van der Waals surface area contributed by atoms with Gasteiger partial charge in [-0.05, 0) is 20.3 Å². The maximum absolute atomic E-state index is 6.37. The van der Waals surface area contributed by atoms with E-state index < -0.39 is 0 Å².